The molecule has 0 spiro atoms. The Kier molecular flexibility index (Phi) is 30.0. The van der Waals surface area contributed by atoms with Gasteiger partial charge >= 0.3 is 19.8 Å². The van der Waals surface area contributed by atoms with E-state index in [0.29, 0.717) is 12.8 Å². The predicted molar refractivity (Wildman–Crippen MR) is 208 cm³/mol. The fourth-order valence-corrected chi connectivity index (χ4v) is 7.67. The first kappa shape index (κ1) is 50.9. The highest BCUT2D eigenvalue weighted by molar-refractivity contribution is 7.47. The van der Waals surface area contributed by atoms with Crippen molar-refractivity contribution in [2.24, 2.45) is 0 Å². The van der Waals surface area contributed by atoms with E-state index in [0.717, 1.165) is 44.9 Å². The van der Waals surface area contributed by atoms with Crippen LogP contribution < -0.4 is 0 Å². The Hall–Kier alpha value is -1.15. The van der Waals surface area contributed by atoms with Crippen LogP contribution in [-0.2, 0) is 32.7 Å². The van der Waals surface area contributed by atoms with Crippen LogP contribution in [0.25, 0.3) is 0 Å². The summed E-state index contributed by atoms with van der Waals surface area (Å²) in [7, 11) is -5.10. The third kappa shape index (κ3) is 24.5. The molecule has 0 aromatic heterocycles. The van der Waals surface area contributed by atoms with Gasteiger partial charge in [-0.15, -0.1) is 0 Å². The molecule has 0 aliphatic heterocycles. The number of carbonyl (C=O) groups is 2. The molecule has 1 fully saturated rings. The maximum Gasteiger partial charge on any atom is 0.472 e. The lowest BCUT2D eigenvalue weighted by molar-refractivity contribution is -0.220. The number of aliphatic hydroxyl groups is 5. The average molecular weight is 797 g/mol. The molecular formula is C40H77O13P. The largest absolute Gasteiger partial charge is 0.472 e. The van der Waals surface area contributed by atoms with Gasteiger partial charge < -0.3 is 39.9 Å². The molecule has 1 rings (SSSR count). The van der Waals surface area contributed by atoms with Gasteiger partial charge in [-0.3, -0.25) is 18.6 Å². The lowest BCUT2D eigenvalue weighted by Crippen LogP contribution is -2.64. The minimum absolute atomic E-state index is 0.102. The molecule has 0 saturated heterocycles. The van der Waals surface area contributed by atoms with Crippen LogP contribution in [0.15, 0.2) is 0 Å². The molecule has 0 bridgehead atoms. The van der Waals surface area contributed by atoms with Crippen molar-refractivity contribution in [2.45, 2.75) is 230 Å². The zero-order valence-electron chi connectivity index (χ0n) is 33.5. The van der Waals surface area contributed by atoms with Gasteiger partial charge in [0.1, 0.15) is 43.2 Å². The van der Waals surface area contributed by atoms with E-state index in [2.05, 4.69) is 13.8 Å². The van der Waals surface area contributed by atoms with Crippen molar-refractivity contribution in [1.82, 2.24) is 0 Å². The van der Waals surface area contributed by atoms with E-state index >= 15 is 0 Å². The third-order valence-electron chi connectivity index (χ3n) is 10.2. The monoisotopic (exact) mass is 797 g/mol. The number of ether oxygens (including phenoxy) is 2. The highest BCUT2D eigenvalue weighted by atomic mass is 31.2. The number of unbranched alkanes of at least 4 members (excludes halogenated alkanes) is 23. The molecule has 1 aliphatic carbocycles. The summed E-state index contributed by atoms with van der Waals surface area (Å²) in [6.07, 6.45) is 16.2. The lowest BCUT2D eigenvalue weighted by Gasteiger charge is -2.41. The van der Waals surface area contributed by atoms with Crippen LogP contribution >= 0.6 is 7.82 Å². The number of aliphatic hydroxyl groups excluding tert-OH is 5. The summed E-state index contributed by atoms with van der Waals surface area (Å²) in [6, 6.07) is 0. The van der Waals surface area contributed by atoms with Crippen LogP contribution in [0.5, 0.6) is 0 Å². The summed E-state index contributed by atoms with van der Waals surface area (Å²) >= 11 is 0. The second-order valence-corrected chi connectivity index (χ2v) is 16.6. The van der Waals surface area contributed by atoms with Crippen LogP contribution in [-0.4, -0.2) is 98.3 Å². The van der Waals surface area contributed by atoms with Crippen molar-refractivity contribution >= 4 is 19.8 Å². The molecule has 0 aromatic rings. The maximum atomic E-state index is 12.7. The number of phosphoric ester groups is 1. The third-order valence-corrected chi connectivity index (χ3v) is 11.2. The van der Waals surface area contributed by atoms with E-state index in [1.54, 1.807) is 0 Å². The highest BCUT2D eigenvalue weighted by Gasteiger charge is 2.51. The van der Waals surface area contributed by atoms with Gasteiger partial charge in [-0.2, -0.15) is 0 Å². The van der Waals surface area contributed by atoms with Gasteiger partial charge in [-0.05, 0) is 12.8 Å². The van der Waals surface area contributed by atoms with Crippen molar-refractivity contribution in [3.05, 3.63) is 0 Å². The Labute approximate surface area is 325 Å². The normalized spacial score (nSPS) is 23.2. The number of phosphoric acid groups is 1. The number of hydrogen-bond acceptors (Lipinski definition) is 12. The van der Waals surface area contributed by atoms with Gasteiger partial charge in [0.25, 0.3) is 0 Å². The van der Waals surface area contributed by atoms with Crippen molar-refractivity contribution in [3.8, 4) is 0 Å². The number of carbonyl (C=O) groups excluding carboxylic acids is 2. The molecule has 13 nitrogen and oxygen atoms in total. The van der Waals surface area contributed by atoms with E-state index in [9.17, 15) is 44.6 Å². The van der Waals surface area contributed by atoms with Crippen molar-refractivity contribution in [1.29, 1.82) is 0 Å². The molecule has 1 saturated carbocycles. The molecular weight excluding hydrogens is 719 g/mol. The Balaban J connectivity index is 2.42. The molecule has 0 aromatic carbocycles. The quantitative estimate of drug-likeness (QED) is 0.0211. The van der Waals surface area contributed by atoms with Gasteiger partial charge in [0.2, 0.25) is 0 Å². The van der Waals surface area contributed by atoms with Crippen LogP contribution in [0.4, 0.5) is 0 Å². The molecule has 0 heterocycles. The zero-order valence-corrected chi connectivity index (χ0v) is 34.4. The molecule has 8 atom stereocenters. The molecule has 6 unspecified atom stereocenters. The molecule has 0 radical (unpaired) electrons. The van der Waals surface area contributed by atoms with E-state index in [1.165, 1.54) is 103 Å². The first-order valence-electron chi connectivity index (χ1n) is 21.3. The Morgan fingerprint density at radius 3 is 1.22 bits per heavy atom. The van der Waals surface area contributed by atoms with Crippen molar-refractivity contribution in [3.63, 3.8) is 0 Å². The summed E-state index contributed by atoms with van der Waals surface area (Å²) in [5, 5.41) is 49.9. The van der Waals surface area contributed by atoms with Crippen LogP contribution in [0.3, 0.4) is 0 Å². The summed E-state index contributed by atoms with van der Waals surface area (Å²) in [5.41, 5.74) is 0. The standard InChI is InChI=1S/C40H77O13P/c1-3-5-7-9-11-13-14-15-16-17-18-19-20-21-23-24-26-28-33(41)50-30-32(52-34(42)29-27-25-22-12-10-8-6-4-2)31-51-54(48,49)53-40-38(46)36(44)35(43)37(45)39(40)47/h32,35-40,43-47H,3-31H2,1-2H3,(H,48,49)/t32-,35?,36-,37?,38?,39?,40?/m0/s1. The molecule has 1 aliphatic rings. The molecule has 0 amide bonds. The molecule has 320 valence electrons. The minimum atomic E-state index is -5.10. The maximum absolute atomic E-state index is 12.7. The van der Waals surface area contributed by atoms with E-state index < -0.39 is 75.7 Å². The van der Waals surface area contributed by atoms with Crippen molar-refractivity contribution in [2.75, 3.05) is 13.2 Å². The first-order chi connectivity index (χ1) is 25.9. The van der Waals surface area contributed by atoms with Gasteiger partial charge in [-0.25, -0.2) is 4.57 Å². The van der Waals surface area contributed by atoms with Gasteiger partial charge in [0.15, 0.2) is 6.10 Å². The molecule has 14 heteroatoms. The lowest BCUT2D eigenvalue weighted by atomic mass is 9.85. The first-order valence-corrected chi connectivity index (χ1v) is 22.8. The van der Waals surface area contributed by atoms with E-state index in [-0.39, 0.29) is 12.8 Å². The summed E-state index contributed by atoms with van der Waals surface area (Å²) in [6.45, 7) is 3.25. The Bertz CT molecular complexity index is 969. The fourth-order valence-electron chi connectivity index (χ4n) is 6.70. The molecule has 54 heavy (non-hydrogen) atoms. The fraction of sp³-hybridized carbons (Fsp3) is 0.950. The number of rotatable bonds is 35. The van der Waals surface area contributed by atoms with Gasteiger partial charge in [0.05, 0.1) is 6.61 Å². The van der Waals surface area contributed by atoms with Crippen LogP contribution in [0, 0.1) is 0 Å². The van der Waals surface area contributed by atoms with E-state index in [1.807, 2.05) is 0 Å². The zero-order chi connectivity index (χ0) is 40.0. The summed E-state index contributed by atoms with van der Waals surface area (Å²) in [5.74, 6) is -1.09. The van der Waals surface area contributed by atoms with Crippen LogP contribution in [0.1, 0.15) is 187 Å². The summed E-state index contributed by atoms with van der Waals surface area (Å²) < 4.78 is 33.3. The smallest absolute Gasteiger partial charge is 0.462 e. The van der Waals surface area contributed by atoms with Crippen molar-refractivity contribution < 1.29 is 63.1 Å². The van der Waals surface area contributed by atoms with E-state index in [4.69, 9.17) is 18.5 Å². The second kappa shape index (κ2) is 31.9. The predicted octanol–water partition coefficient (Wildman–Crippen LogP) is 7.33. The van der Waals surface area contributed by atoms with Gasteiger partial charge in [0, 0.05) is 12.8 Å². The van der Waals surface area contributed by atoms with Crippen LogP contribution in [0.2, 0.25) is 0 Å². The minimum Gasteiger partial charge on any atom is -0.462 e. The highest BCUT2D eigenvalue weighted by Crippen LogP contribution is 2.47. The topological polar surface area (TPSA) is 210 Å². The second-order valence-electron chi connectivity index (χ2n) is 15.2. The average Bonchev–Trinajstić information content (AvgIpc) is 3.15. The number of hydrogen-bond donors (Lipinski definition) is 6. The molecule has 6 N–H and O–H groups in total. The SMILES string of the molecule is CCCCCCCCCCCCCCCCCCCC(=O)OC[C@@H](COP(=O)(O)OC1C(O)C(O)C(O)[C@H](O)C1O)OC(=O)CCCCCCCCCC. The number of esters is 2. The summed E-state index contributed by atoms with van der Waals surface area (Å²) in [4.78, 5) is 35.4. The Morgan fingerprint density at radius 1 is 0.500 bits per heavy atom. The Morgan fingerprint density at radius 2 is 0.833 bits per heavy atom. The van der Waals surface area contributed by atoms with Gasteiger partial charge in [-0.1, -0.05) is 162 Å².